The topological polar surface area (TPSA) is 48.8 Å². The summed E-state index contributed by atoms with van der Waals surface area (Å²) in [5, 5.41) is 0. The molecular formula is C36H47BrN4O. The predicted octanol–water partition coefficient (Wildman–Crippen LogP) is 9.23. The van der Waals surface area contributed by atoms with Gasteiger partial charge in [0.1, 0.15) is 5.82 Å². The highest BCUT2D eigenvalue weighted by Gasteiger charge is 2.26. The molecule has 0 aliphatic carbocycles. The molecule has 1 fully saturated rings. The van der Waals surface area contributed by atoms with E-state index in [1.165, 1.54) is 22.7 Å². The number of carbonyl (C=O) groups excluding carboxylic acids is 1. The van der Waals surface area contributed by atoms with Crippen LogP contribution in [0.2, 0.25) is 0 Å². The van der Waals surface area contributed by atoms with E-state index in [1.54, 1.807) is 19.2 Å². The molecule has 0 atom stereocenters. The predicted molar refractivity (Wildman–Crippen MR) is 184 cm³/mol. The number of Topliss-reactive ketones (excluding diaryl/α,β-unsaturated/α-hetero) is 1. The van der Waals surface area contributed by atoms with E-state index in [2.05, 4.69) is 83.4 Å². The van der Waals surface area contributed by atoms with E-state index < -0.39 is 0 Å². The minimum absolute atomic E-state index is 0.0913. The third kappa shape index (κ3) is 10.1. The van der Waals surface area contributed by atoms with Crippen molar-refractivity contribution in [3.63, 3.8) is 0 Å². The van der Waals surface area contributed by atoms with E-state index in [1.807, 2.05) is 50.5 Å². The van der Waals surface area contributed by atoms with Crippen LogP contribution in [0.25, 0.3) is 5.57 Å². The maximum atomic E-state index is 11.1. The molecule has 4 rings (SSSR count). The fourth-order valence-electron chi connectivity index (χ4n) is 4.71. The Bertz CT molecular complexity index is 1300. The Hall–Kier alpha value is -3.51. The number of nitrogens with zero attached hydrogens (tertiary/aromatic N) is 4. The lowest BCUT2D eigenvalue weighted by molar-refractivity contribution is 0.101. The first-order valence-corrected chi connectivity index (χ1v) is 15.4. The van der Waals surface area contributed by atoms with Crippen LogP contribution in [0.15, 0.2) is 107 Å². The first kappa shape index (κ1) is 34.7. The zero-order valence-corrected chi connectivity index (χ0v) is 27.9. The molecular weight excluding hydrogens is 584 g/mol. The number of halogens is 1. The van der Waals surface area contributed by atoms with Crippen molar-refractivity contribution in [1.82, 2.24) is 14.8 Å². The normalized spacial score (nSPS) is 16.1. The number of pyridine rings is 1. The zero-order valence-electron chi connectivity index (χ0n) is 26.3. The summed E-state index contributed by atoms with van der Waals surface area (Å²) in [4.78, 5) is 24.5. The number of rotatable bonds is 7. The van der Waals surface area contributed by atoms with E-state index >= 15 is 0 Å². The van der Waals surface area contributed by atoms with Crippen LogP contribution in [-0.2, 0) is 6.42 Å². The van der Waals surface area contributed by atoms with Gasteiger partial charge < -0.3 is 9.80 Å². The van der Waals surface area contributed by atoms with Crippen molar-refractivity contribution < 1.29 is 4.79 Å². The lowest BCUT2D eigenvalue weighted by Crippen LogP contribution is -2.36. The summed E-state index contributed by atoms with van der Waals surface area (Å²) in [5.74, 6) is 1.57. The van der Waals surface area contributed by atoms with Gasteiger partial charge in [-0.2, -0.15) is 0 Å². The van der Waals surface area contributed by atoms with Gasteiger partial charge in [-0.3, -0.25) is 9.78 Å². The van der Waals surface area contributed by atoms with Gasteiger partial charge in [0.25, 0.3) is 0 Å². The van der Waals surface area contributed by atoms with E-state index in [0.717, 1.165) is 65.8 Å². The lowest BCUT2D eigenvalue weighted by Gasteiger charge is -2.36. The van der Waals surface area contributed by atoms with Crippen molar-refractivity contribution in [2.75, 3.05) is 20.1 Å². The highest BCUT2D eigenvalue weighted by Crippen LogP contribution is 2.30. The summed E-state index contributed by atoms with van der Waals surface area (Å²) >= 11 is 3.56. The highest BCUT2D eigenvalue weighted by molar-refractivity contribution is 9.11. The van der Waals surface area contributed by atoms with E-state index in [-0.39, 0.29) is 5.78 Å². The molecule has 1 aromatic heterocycles. The first-order valence-electron chi connectivity index (χ1n) is 14.6. The Labute approximate surface area is 262 Å². The number of hydrogen-bond donors (Lipinski definition) is 0. The summed E-state index contributed by atoms with van der Waals surface area (Å²) in [6, 6.07) is 11.6. The van der Waals surface area contributed by atoms with Crippen molar-refractivity contribution in [3.05, 3.63) is 119 Å². The van der Waals surface area contributed by atoms with Crippen LogP contribution >= 0.6 is 15.9 Å². The standard InChI is InChI=1S/C18H26BrN3.C11H12O.C7H9N/c1-6-13(3)22-10-8-15(9-11-22)17-12-14(4)21(5)18(20-17)16(19)7-2;1-8(2)10-6-4-5-7-11(10)9(3)12;1-2-7-4-3-5-8-6-7/h7,12,15H,2-3,6,8-11H2,1,4-5H3;4-7H,1H2,2-3H3;3-6H,2H2,1H3/b18-16+;;. The largest absolute Gasteiger partial charge is 0.375 e. The summed E-state index contributed by atoms with van der Waals surface area (Å²) in [7, 11) is 2.04. The first-order chi connectivity index (χ1) is 20.0. The highest BCUT2D eigenvalue weighted by atomic mass is 79.9. The third-order valence-corrected chi connectivity index (χ3v) is 8.18. The van der Waals surface area contributed by atoms with Gasteiger partial charge in [0.05, 0.1) is 4.48 Å². The second-order valence-corrected chi connectivity index (χ2v) is 11.4. The zero-order chi connectivity index (χ0) is 31.2. The summed E-state index contributed by atoms with van der Waals surface area (Å²) < 4.78 is 0.941. The Balaban J connectivity index is 0.000000256. The van der Waals surface area contributed by atoms with Crippen LogP contribution in [0.5, 0.6) is 0 Å². The SMILES string of the molecule is C=C(C)c1ccccc1C(C)=O.C=C/C(Br)=C1/N=C(C2CCN(C(=C)CC)CC2)C=C(C)N1C.CCc1cccnc1. The monoisotopic (exact) mass is 630 g/mol. The number of allylic oxidation sites excluding steroid dienone is 6. The van der Waals surface area contributed by atoms with Crippen LogP contribution in [0, 0.1) is 5.92 Å². The molecule has 0 unspecified atom stereocenters. The van der Waals surface area contributed by atoms with Crippen LogP contribution in [0.1, 0.15) is 75.4 Å². The van der Waals surface area contributed by atoms with E-state index in [0.29, 0.717) is 5.92 Å². The fraction of sp³-hybridized carbons (Fsp3) is 0.361. The summed E-state index contributed by atoms with van der Waals surface area (Å²) in [5.41, 5.74) is 7.61. The van der Waals surface area contributed by atoms with Crippen molar-refractivity contribution in [2.45, 2.75) is 60.3 Å². The molecule has 0 radical (unpaired) electrons. The Morgan fingerprint density at radius 2 is 1.71 bits per heavy atom. The quantitative estimate of drug-likeness (QED) is 0.286. The van der Waals surface area contributed by atoms with Gasteiger partial charge in [-0.1, -0.05) is 75.6 Å². The van der Waals surface area contributed by atoms with E-state index in [9.17, 15) is 4.79 Å². The van der Waals surface area contributed by atoms with E-state index in [4.69, 9.17) is 4.99 Å². The molecule has 0 spiro atoms. The van der Waals surface area contributed by atoms with Crippen molar-refractivity contribution in [2.24, 2.45) is 10.9 Å². The van der Waals surface area contributed by atoms with Crippen LogP contribution in [0.3, 0.4) is 0 Å². The van der Waals surface area contributed by atoms with Gasteiger partial charge in [-0.25, -0.2) is 4.99 Å². The maximum absolute atomic E-state index is 11.1. The molecule has 1 aromatic carbocycles. The molecule has 2 aromatic rings. The molecule has 0 N–H and O–H groups in total. The number of aryl methyl sites for hydroxylation is 1. The Kier molecular flexibility index (Phi) is 14.4. The number of aliphatic imine (C=N–C) groups is 1. The number of benzene rings is 1. The molecule has 224 valence electrons. The summed E-state index contributed by atoms with van der Waals surface area (Å²) in [6.07, 6.45) is 12.1. The maximum Gasteiger partial charge on any atom is 0.160 e. The van der Waals surface area contributed by atoms with Crippen LogP contribution in [-0.4, -0.2) is 46.4 Å². The molecule has 5 nitrogen and oxygen atoms in total. The lowest BCUT2D eigenvalue weighted by atomic mass is 9.90. The minimum Gasteiger partial charge on any atom is -0.375 e. The Morgan fingerprint density at radius 1 is 1.07 bits per heavy atom. The van der Waals surface area contributed by atoms with Crippen LogP contribution in [0.4, 0.5) is 0 Å². The van der Waals surface area contributed by atoms with Gasteiger partial charge in [0.2, 0.25) is 0 Å². The van der Waals surface area contributed by atoms with Crippen molar-refractivity contribution in [3.8, 4) is 0 Å². The van der Waals surface area contributed by atoms with Crippen molar-refractivity contribution in [1.29, 1.82) is 0 Å². The van der Waals surface area contributed by atoms with Gasteiger partial charge in [-0.15, -0.1) is 0 Å². The average molecular weight is 632 g/mol. The second kappa shape index (κ2) is 17.4. The number of aromatic nitrogens is 1. The molecule has 2 aliphatic heterocycles. The van der Waals surface area contributed by atoms with Gasteiger partial charge >= 0.3 is 0 Å². The number of likely N-dealkylation sites (tertiary alicyclic amines) is 1. The third-order valence-electron chi connectivity index (χ3n) is 7.50. The Morgan fingerprint density at radius 3 is 2.17 bits per heavy atom. The molecule has 1 saturated heterocycles. The second-order valence-electron chi connectivity index (χ2n) is 10.5. The number of ketones is 1. The van der Waals surface area contributed by atoms with Gasteiger partial charge in [0.15, 0.2) is 5.78 Å². The smallest absolute Gasteiger partial charge is 0.160 e. The van der Waals surface area contributed by atoms with Crippen LogP contribution < -0.4 is 0 Å². The molecule has 0 saturated carbocycles. The number of piperidine rings is 1. The number of hydrogen-bond acceptors (Lipinski definition) is 5. The fourth-order valence-corrected chi connectivity index (χ4v) is 5.06. The van der Waals surface area contributed by atoms with Gasteiger partial charge in [-0.05, 0) is 85.7 Å². The average Bonchev–Trinajstić information content (AvgIpc) is 3.02. The molecule has 0 amide bonds. The summed E-state index contributed by atoms with van der Waals surface area (Å²) in [6.45, 7) is 23.9. The minimum atomic E-state index is 0.0913. The molecule has 42 heavy (non-hydrogen) atoms. The molecule has 3 heterocycles. The number of carbonyl (C=O) groups is 1. The molecule has 6 heteroatoms. The molecule has 0 bridgehead atoms. The van der Waals surface area contributed by atoms with Gasteiger partial charge in [0, 0.05) is 61.1 Å². The molecule has 2 aliphatic rings. The van der Waals surface area contributed by atoms with Crippen molar-refractivity contribution >= 4 is 33.0 Å².